The average molecular weight is 477 g/mol. The Bertz CT molecular complexity index is 1110. The van der Waals surface area contributed by atoms with Crippen molar-refractivity contribution in [2.75, 3.05) is 11.4 Å². The summed E-state index contributed by atoms with van der Waals surface area (Å²) in [5, 5.41) is 2.77. The number of rotatable bonds is 8. The van der Waals surface area contributed by atoms with Crippen molar-refractivity contribution in [3.63, 3.8) is 0 Å². The van der Waals surface area contributed by atoms with E-state index >= 15 is 0 Å². The smallest absolute Gasteiger partial charge is 0.408 e. The third kappa shape index (κ3) is 7.67. The van der Waals surface area contributed by atoms with Gasteiger partial charge in [-0.05, 0) is 74.6 Å². The fraction of sp³-hybridized carbons (Fsp3) is 0.310. The van der Waals surface area contributed by atoms with Gasteiger partial charge in [0, 0.05) is 12.2 Å². The Labute approximate surface area is 206 Å². The number of ether oxygens (including phenoxy) is 1. The van der Waals surface area contributed by atoms with Gasteiger partial charge in [-0.15, -0.1) is 0 Å². The Morgan fingerprint density at radius 3 is 2.09 bits per heavy atom. The van der Waals surface area contributed by atoms with Crippen molar-refractivity contribution in [1.29, 1.82) is 0 Å². The quantitative estimate of drug-likeness (QED) is 0.419. The number of aryl methyl sites for hydroxylation is 1. The zero-order valence-corrected chi connectivity index (χ0v) is 20.8. The zero-order chi connectivity index (χ0) is 25.4. The molecule has 0 aliphatic carbocycles. The maximum Gasteiger partial charge on any atom is 0.408 e. The maximum absolute atomic E-state index is 14.0. The van der Waals surface area contributed by atoms with Gasteiger partial charge < -0.3 is 15.0 Å². The van der Waals surface area contributed by atoms with E-state index in [1.54, 1.807) is 49.9 Å². The van der Waals surface area contributed by atoms with Crippen LogP contribution in [0.3, 0.4) is 0 Å². The van der Waals surface area contributed by atoms with Crippen LogP contribution >= 0.6 is 0 Å². The standard InChI is InChI=1S/C29H33FN2O3/c1-5-21-13-17-25(18-14-21)32(20-19-22-11-15-24(30)16-12-22)27(33)26(23-9-7-6-8-10-23)31-28(34)35-29(2,3)4/h6-18,26H,5,19-20H2,1-4H3,(H,31,34)/t26-/m0/s1. The van der Waals surface area contributed by atoms with E-state index in [-0.39, 0.29) is 11.7 Å². The van der Waals surface area contributed by atoms with E-state index in [0.717, 1.165) is 23.2 Å². The van der Waals surface area contributed by atoms with Crippen LogP contribution in [-0.4, -0.2) is 24.1 Å². The van der Waals surface area contributed by atoms with Crippen LogP contribution in [0, 0.1) is 5.82 Å². The Hall–Kier alpha value is -3.67. The maximum atomic E-state index is 14.0. The topological polar surface area (TPSA) is 58.6 Å². The zero-order valence-electron chi connectivity index (χ0n) is 20.8. The van der Waals surface area contributed by atoms with Crippen molar-refractivity contribution in [3.8, 4) is 0 Å². The molecule has 2 amide bonds. The molecule has 3 rings (SSSR count). The summed E-state index contributed by atoms with van der Waals surface area (Å²) in [6, 6.07) is 22.2. The molecule has 0 saturated carbocycles. The number of anilines is 1. The van der Waals surface area contributed by atoms with Crippen molar-refractivity contribution in [1.82, 2.24) is 5.32 Å². The van der Waals surface area contributed by atoms with Gasteiger partial charge in [0.05, 0.1) is 0 Å². The minimum Gasteiger partial charge on any atom is -0.444 e. The van der Waals surface area contributed by atoms with E-state index in [1.807, 2.05) is 42.5 Å². The molecule has 3 aromatic rings. The summed E-state index contributed by atoms with van der Waals surface area (Å²) in [5.41, 5.74) is 2.74. The molecule has 0 aromatic heterocycles. The highest BCUT2D eigenvalue weighted by atomic mass is 19.1. The lowest BCUT2D eigenvalue weighted by Gasteiger charge is -2.29. The summed E-state index contributed by atoms with van der Waals surface area (Å²) in [4.78, 5) is 28.3. The minimum atomic E-state index is -0.940. The summed E-state index contributed by atoms with van der Waals surface area (Å²) < 4.78 is 18.8. The molecule has 0 aliphatic heterocycles. The summed E-state index contributed by atoms with van der Waals surface area (Å²) >= 11 is 0. The second-order valence-corrected chi connectivity index (χ2v) is 9.38. The number of carbonyl (C=O) groups is 2. The molecule has 0 saturated heterocycles. The van der Waals surface area contributed by atoms with Crippen LogP contribution in [0.2, 0.25) is 0 Å². The molecule has 6 heteroatoms. The summed E-state index contributed by atoms with van der Waals surface area (Å²) in [6.07, 6.45) is 0.742. The minimum absolute atomic E-state index is 0.284. The van der Waals surface area contributed by atoms with E-state index in [4.69, 9.17) is 4.74 Å². The van der Waals surface area contributed by atoms with E-state index in [9.17, 15) is 14.0 Å². The predicted octanol–water partition coefficient (Wildman–Crippen LogP) is 6.23. The molecule has 0 aliphatic rings. The van der Waals surface area contributed by atoms with E-state index < -0.39 is 17.7 Å². The number of alkyl carbamates (subject to hydrolysis) is 1. The van der Waals surface area contributed by atoms with Crippen LogP contribution in [0.5, 0.6) is 0 Å². The molecule has 0 heterocycles. The molecule has 0 bridgehead atoms. The molecule has 1 N–H and O–H groups in total. The van der Waals surface area contributed by atoms with Gasteiger partial charge in [0.2, 0.25) is 0 Å². The number of amides is 2. The van der Waals surface area contributed by atoms with Gasteiger partial charge in [-0.25, -0.2) is 9.18 Å². The number of nitrogens with zero attached hydrogens (tertiary/aromatic N) is 1. The van der Waals surface area contributed by atoms with Gasteiger partial charge in [0.15, 0.2) is 0 Å². The molecule has 184 valence electrons. The first-order chi connectivity index (χ1) is 16.7. The molecule has 5 nitrogen and oxygen atoms in total. The second-order valence-electron chi connectivity index (χ2n) is 9.38. The van der Waals surface area contributed by atoms with E-state index in [0.29, 0.717) is 18.5 Å². The van der Waals surface area contributed by atoms with E-state index in [1.165, 1.54) is 12.1 Å². The molecule has 3 aromatic carbocycles. The second kappa shape index (κ2) is 11.6. The van der Waals surface area contributed by atoms with E-state index in [2.05, 4.69) is 12.2 Å². The summed E-state index contributed by atoms with van der Waals surface area (Å²) in [7, 11) is 0. The highest BCUT2D eigenvalue weighted by molar-refractivity contribution is 5.99. The Morgan fingerprint density at radius 2 is 1.51 bits per heavy atom. The molecular weight excluding hydrogens is 443 g/mol. The number of hydrogen-bond acceptors (Lipinski definition) is 3. The van der Waals surface area contributed by atoms with Crippen molar-refractivity contribution in [2.24, 2.45) is 0 Å². The van der Waals surface area contributed by atoms with Crippen LogP contribution in [-0.2, 0) is 22.4 Å². The molecular formula is C29H33FN2O3. The molecule has 0 radical (unpaired) electrons. The van der Waals surface area contributed by atoms with Crippen LogP contribution in [0.25, 0.3) is 0 Å². The third-order valence-electron chi connectivity index (χ3n) is 5.50. The molecule has 0 fully saturated rings. The average Bonchev–Trinajstić information content (AvgIpc) is 2.83. The van der Waals surface area contributed by atoms with Gasteiger partial charge in [-0.2, -0.15) is 0 Å². The predicted molar refractivity (Wildman–Crippen MR) is 137 cm³/mol. The van der Waals surface area contributed by atoms with Crippen LogP contribution in [0.4, 0.5) is 14.9 Å². The highest BCUT2D eigenvalue weighted by Gasteiger charge is 2.30. The monoisotopic (exact) mass is 476 g/mol. The number of carbonyl (C=O) groups excluding carboxylic acids is 2. The van der Waals surface area contributed by atoms with Crippen molar-refractivity contribution in [3.05, 3.63) is 101 Å². The Morgan fingerprint density at radius 1 is 0.914 bits per heavy atom. The molecule has 1 atom stereocenters. The first-order valence-electron chi connectivity index (χ1n) is 11.9. The van der Waals surface area contributed by atoms with Crippen LogP contribution in [0.15, 0.2) is 78.9 Å². The lowest BCUT2D eigenvalue weighted by molar-refractivity contribution is -0.120. The lowest BCUT2D eigenvalue weighted by Crippen LogP contribution is -2.45. The van der Waals surface area contributed by atoms with Crippen molar-refractivity contribution < 1.29 is 18.7 Å². The number of halogens is 1. The number of benzene rings is 3. The third-order valence-corrected chi connectivity index (χ3v) is 5.50. The fourth-order valence-electron chi connectivity index (χ4n) is 3.68. The van der Waals surface area contributed by atoms with Gasteiger partial charge in [-0.3, -0.25) is 4.79 Å². The Balaban J connectivity index is 1.93. The summed E-state index contributed by atoms with van der Waals surface area (Å²) in [6.45, 7) is 7.75. The van der Waals surface area contributed by atoms with Crippen LogP contribution < -0.4 is 10.2 Å². The number of hydrogen-bond donors (Lipinski definition) is 1. The first-order valence-corrected chi connectivity index (χ1v) is 11.9. The fourth-order valence-corrected chi connectivity index (χ4v) is 3.68. The largest absolute Gasteiger partial charge is 0.444 e. The van der Waals surface area contributed by atoms with Gasteiger partial charge in [0.1, 0.15) is 17.5 Å². The SMILES string of the molecule is CCc1ccc(N(CCc2ccc(F)cc2)C(=O)[C@@H](NC(=O)OC(C)(C)C)c2ccccc2)cc1. The lowest BCUT2D eigenvalue weighted by atomic mass is 10.0. The summed E-state index contributed by atoms with van der Waals surface area (Å²) in [5.74, 6) is -0.587. The van der Waals surface area contributed by atoms with Gasteiger partial charge in [0.25, 0.3) is 5.91 Å². The first kappa shape index (κ1) is 25.9. The highest BCUT2D eigenvalue weighted by Crippen LogP contribution is 2.24. The molecule has 0 spiro atoms. The van der Waals surface area contributed by atoms with Crippen molar-refractivity contribution in [2.45, 2.75) is 52.2 Å². The van der Waals surface area contributed by atoms with Gasteiger partial charge >= 0.3 is 6.09 Å². The molecule has 35 heavy (non-hydrogen) atoms. The number of nitrogens with one attached hydrogen (secondary N) is 1. The normalized spacial score (nSPS) is 12.0. The Kier molecular flexibility index (Phi) is 8.63. The van der Waals surface area contributed by atoms with Crippen LogP contribution in [0.1, 0.15) is 50.4 Å². The molecule has 0 unspecified atom stereocenters. The van der Waals surface area contributed by atoms with Gasteiger partial charge in [-0.1, -0.05) is 61.5 Å². The van der Waals surface area contributed by atoms with Crippen molar-refractivity contribution >= 4 is 17.7 Å².